The van der Waals surface area contributed by atoms with E-state index in [4.69, 9.17) is 14.5 Å². The molecule has 1 fully saturated rings. The van der Waals surface area contributed by atoms with Crippen LogP contribution in [0.25, 0.3) is 0 Å². The van der Waals surface area contributed by atoms with E-state index in [1.165, 1.54) is 11.1 Å². The molecule has 1 saturated heterocycles. The number of hydrogen-bond donors (Lipinski definition) is 3. The molecule has 0 amide bonds. The molecule has 3 N–H and O–H groups in total. The second-order valence-electron chi connectivity index (χ2n) is 8.17. The van der Waals surface area contributed by atoms with Gasteiger partial charge in [-0.3, -0.25) is 0 Å². The zero-order chi connectivity index (χ0) is 21.7. The van der Waals surface area contributed by atoms with Gasteiger partial charge in [0.15, 0.2) is 5.96 Å². The van der Waals surface area contributed by atoms with Gasteiger partial charge in [-0.2, -0.15) is 0 Å². The van der Waals surface area contributed by atoms with Crippen molar-refractivity contribution in [2.45, 2.75) is 72.1 Å². The highest BCUT2D eigenvalue weighted by atomic mass is 16.5. The summed E-state index contributed by atoms with van der Waals surface area (Å²) in [5.41, 5.74) is 2.46. The number of guanidine groups is 1. The van der Waals surface area contributed by atoms with E-state index in [-0.39, 0.29) is 12.0 Å². The Morgan fingerprint density at radius 3 is 2.57 bits per heavy atom. The molecule has 0 atom stereocenters. The predicted molar refractivity (Wildman–Crippen MR) is 123 cm³/mol. The van der Waals surface area contributed by atoms with Crippen molar-refractivity contribution in [3.8, 4) is 0 Å². The Morgan fingerprint density at radius 2 is 1.90 bits per heavy atom. The van der Waals surface area contributed by atoms with E-state index in [1.807, 2.05) is 0 Å². The molecule has 0 saturated carbocycles. The van der Waals surface area contributed by atoms with Crippen LogP contribution in [-0.4, -0.2) is 50.1 Å². The van der Waals surface area contributed by atoms with E-state index in [1.54, 1.807) is 0 Å². The summed E-state index contributed by atoms with van der Waals surface area (Å²) in [4.78, 5) is 4.78. The summed E-state index contributed by atoms with van der Waals surface area (Å²) in [5.74, 6) is 0.825. The Hall–Kier alpha value is -1.63. The van der Waals surface area contributed by atoms with Crippen molar-refractivity contribution >= 4 is 5.96 Å². The average molecular weight is 420 g/mol. The fourth-order valence-electron chi connectivity index (χ4n) is 3.84. The van der Waals surface area contributed by atoms with E-state index in [0.717, 1.165) is 64.4 Å². The van der Waals surface area contributed by atoms with Crippen molar-refractivity contribution in [1.82, 2.24) is 10.6 Å². The summed E-state index contributed by atoms with van der Waals surface area (Å²) in [6, 6.07) is 8.48. The Morgan fingerprint density at radius 1 is 1.17 bits per heavy atom. The lowest BCUT2D eigenvalue weighted by Crippen LogP contribution is -2.43. The molecule has 30 heavy (non-hydrogen) atoms. The smallest absolute Gasteiger partial charge is 0.191 e. The van der Waals surface area contributed by atoms with Crippen molar-refractivity contribution in [3.05, 3.63) is 35.4 Å². The Balaban J connectivity index is 1.93. The summed E-state index contributed by atoms with van der Waals surface area (Å²) in [5, 5.41) is 16.3. The molecule has 1 aliphatic rings. The summed E-state index contributed by atoms with van der Waals surface area (Å²) >= 11 is 0. The molecule has 1 heterocycles. The number of rotatable bonds is 12. The molecule has 0 aromatic heterocycles. The van der Waals surface area contributed by atoms with E-state index >= 15 is 0 Å². The maximum Gasteiger partial charge on any atom is 0.191 e. The number of hydrogen-bond acceptors (Lipinski definition) is 4. The molecule has 6 heteroatoms. The van der Waals surface area contributed by atoms with Crippen LogP contribution in [0.5, 0.6) is 0 Å². The molecule has 2 rings (SSSR count). The van der Waals surface area contributed by atoms with Gasteiger partial charge in [0.2, 0.25) is 0 Å². The van der Waals surface area contributed by atoms with Crippen molar-refractivity contribution in [3.63, 3.8) is 0 Å². The number of ether oxygens (including phenoxy) is 2. The van der Waals surface area contributed by atoms with Gasteiger partial charge in [0.25, 0.3) is 0 Å². The third kappa shape index (κ3) is 8.25. The average Bonchev–Trinajstić information content (AvgIpc) is 2.79. The summed E-state index contributed by atoms with van der Waals surface area (Å²) < 4.78 is 11.4. The van der Waals surface area contributed by atoms with Crippen LogP contribution in [0.2, 0.25) is 0 Å². The largest absolute Gasteiger partial charge is 0.396 e. The number of aliphatic imine (C=N–C) groups is 1. The van der Waals surface area contributed by atoms with Crippen molar-refractivity contribution < 1.29 is 14.6 Å². The van der Waals surface area contributed by atoms with Gasteiger partial charge in [-0.25, -0.2) is 4.99 Å². The second kappa shape index (κ2) is 13.6. The van der Waals surface area contributed by atoms with Gasteiger partial charge >= 0.3 is 0 Å². The molecule has 1 aromatic carbocycles. The number of nitrogens with zero attached hydrogens (tertiary/aromatic N) is 1. The third-order valence-corrected chi connectivity index (χ3v) is 6.18. The summed E-state index contributed by atoms with van der Waals surface area (Å²) in [6.45, 7) is 11.2. The molecular weight excluding hydrogens is 378 g/mol. The number of nitrogens with one attached hydrogen (secondary N) is 2. The number of aliphatic hydroxyl groups excluding tert-OH is 1. The molecule has 0 radical (unpaired) electrons. The first kappa shape index (κ1) is 24.6. The maximum atomic E-state index is 9.45. The molecule has 0 unspecified atom stereocenters. The SMILES string of the molecule is CCNC(=NCc1cccc(COC2CCOCC2)c1)NCC(CC)(CC)CCO. The van der Waals surface area contributed by atoms with Gasteiger partial charge < -0.3 is 25.2 Å². The van der Waals surface area contributed by atoms with Gasteiger partial charge in [0.05, 0.1) is 19.3 Å². The predicted octanol–water partition coefficient (Wildman–Crippen LogP) is 3.63. The van der Waals surface area contributed by atoms with Crippen LogP contribution in [0, 0.1) is 5.41 Å². The molecular formula is C24H41N3O3. The van der Waals surface area contributed by atoms with Crippen LogP contribution in [0.4, 0.5) is 0 Å². The molecule has 1 aliphatic heterocycles. The van der Waals surface area contributed by atoms with E-state index in [9.17, 15) is 5.11 Å². The van der Waals surface area contributed by atoms with Crippen molar-refractivity contribution in [2.24, 2.45) is 10.4 Å². The van der Waals surface area contributed by atoms with Crippen LogP contribution in [0.3, 0.4) is 0 Å². The van der Waals surface area contributed by atoms with Crippen LogP contribution in [0.15, 0.2) is 29.3 Å². The summed E-state index contributed by atoms with van der Waals surface area (Å²) in [6.07, 6.45) is 5.14. The van der Waals surface area contributed by atoms with Gasteiger partial charge in [0.1, 0.15) is 0 Å². The van der Waals surface area contributed by atoms with E-state index in [2.05, 4.69) is 55.7 Å². The lowest BCUT2D eigenvalue weighted by atomic mass is 9.79. The number of benzene rings is 1. The third-order valence-electron chi connectivity index (χ3n) is 6.18. The van der Waals surface area contributed by atoms with Crippen LogP contribution in [-0.2, 0) is 22.6 Å². The Labute approximate surface area is 182 Å². The Kier molecular flexibility index (Phi) is 11.2. The van der Waals surface area contributed by atoms with Crippen LogP contribution < -0.4 is 10.6 Å². The monoisotopic (exact) mass is 419 g/mol. The first-order chi connectivity index (χ1) is 14.6. The minimum atomic E-state index is 0.104. The zero-order valence-corrected chi connectivity index (χ0v) is 19.1. The first-order valence-electron chi connectivity index (χ1n) is 11.5. The molecule has 170 valence electrons. The van der Waals surface area contributed by atoms with E-state index < -0.39 is 0 Å². The zero-order valence-electron chi connectivity index (χ0n) is 19.1. The molecule has 1 aromatic rings. The lowest BCUT2D eigenvalue weighted by Gasteiger charge is -2.32. The molecule has 0 aliphatic carbocycles. The van der Waals surface area contributed by atoms with Gasteiger partial charge in [-0.1, -0.05) is 38.1 Å². The highest BCUT2D eigenvalue weighted by Gasteiger charge is 2.25. The van der Waals surface area contributed by atoms with Gasteiger partial charge in [-0.15, -0.1) is 0 Å². The fraction of sp³-hybridized carbons (Fsp3) is 0.708. The van der Waals surface area contributed by atoms with Crippen LogP contribution >= 0.6 is 0 Å². The second-order valence-corrected chi connectivity index (χ2v) is 8.17. The first-order valence-corrected chi connectivity index (χ1v) is 11.5. The minimum Gasteiger partial charge on any atom is -0.396 e. The number of aliphatic hydroxyl groups is 1. The van der Waals surface area contributed by atoms with Crippen LogP contribution in [0.1, 0.15) is 64.0 Å². The standard InChI is InChI=1S/C24H41N3O3/c1-4-24(5-2,12-13-28)19-27-23(25-6-3)26-17-20-8-7-9-21(16-20)18-30-22-10-14-29-15-11-22/h7-9,16,22,28H,4-6,10-15,17-19H2,1-3H3,(H2,25,26,27). The molecule has 6 nitrogen and oxygen atoms in total. The van der Waals surface area contributed by atoms with Gasteiger partial charge in [0, 0.05) is 32.9 Å². The fourth-order valence-corrected chi connectivity index (χ4v) is 3.84. The highest BCUT2D eigenvalue weighted by molar-refractivity contribution is 5.79. The lowest BCUT2D eigenvalue weighted by molar-refractivity contribution is -0.0390. The maximum absolute atomic E-state index is 9.45. The van der Waals surface area contributed by atoms with E-state index in [0.29, 0.717) is 19.3 Å². The highest BCUT2D eigenvalue weighted by Crippen LogP contribution is 2.29. The normalized spacial score (nSPS) is 15.9. The molecule has 0 spiro atoms. The Bertz CT molecular complexity index is 626. The van der Waals surface area contributed by atoms with Gasteiger partial charge in [-0.05, 0) is 55.6 Å². The summed E-state index contributed by atoms with van der Waals surface area (Å²) in [7, 11) is 0. The quantitative estimate of drug-likeness (QED) is 0.356. The van der Waals surface area contributed by atoms with Crippen molar-refractivity contribution in [1.29, 1.82) is 0 Å². The van der Waals surface area contributed by atoms with Crippen molar-refractivity contribution in [2.75, 3.05) is 32.9 Å². The minimum absolute atomic E-state index is 0.104. The molecule has 0 bridgehead atoms. The topological polar surface area (TPSA) is 75.1 Å².